The van der Waals surface area contributed by atoms with Gasteiger partial charge in [0.1, 0.15) is 5.75 Å². The van der Waals surface area contributed by atoms with Gasteiger partial charge < -0.3 is 9.57 Å². The molecule has 0 aliphatic carbocycles. The summed E-state index contributed by atoms with van der Waals surface area (Å²) in [5.74, 6) is 5.08. The fraction of sp³-hybridized carbons (Fsp3) is 0.222. The van der Waals surface area contributed by atoms with Crippen LogP contribution in [0.15, 0.2) is 24.3 Å². The lowest BCUT2D eigenvalue weighted by atomic mass is 10.2. The summed E-state index contributed by atoms with van der Waals surface area (Å²) in [4.78, 5) is 15.6. The molecular weight excluding hydrogens is 170 g/mol. The second kappa shape index (κ2) is 4.47. The zero-order valence-electron chi connectivity index (χ0n) is 7.32. The molecule has 70 valence electrons. The summed E-state index contributed by atoms with van der Waals surface area (Å²) in [5.41, 5.74) is 0.489. The first-order valence-corrected chi connectivity index (χ1v) is 3.92. The van der Waals surface area contributed by atoms with Crippen LogP contribution < -0.4 is 10.7 Å². The first kappa shape index (κ1) is 9.54. The van der Waals surface area contributed by atoms with E-state index in [4.69, 9.17) is 10.6 Å². The van der Waals surface area contributed by atoms with Crippen LogP contribution >= 0.6 is 0 Å². The van der Waals surface area contributed by atoms with Crippen molar-refractivity contribution in [3.8, 4) is 5.75 Å². The number of carbonyl (C=O) groups is 1. The number of hydrogen-bond acceptors (Lipinski definition) is 4. The van der Waals surface area contributed by atoms with Crippen LogP contribution in [0.5, 0.6) is 5.75 Å². The third-order valence-electron chi connectivity index (χ3n) is 1.50. The van der Waals surface area contributed by atoms with Gasteiger partial charge in [-0.25, -0.2) is 4.79 Å². The van der Waals surface area contributed by atoms with Gasteiger partial charge in [0, 0.05) is 0 Å². The molecule has 1 aromatic rings. The summed E-state index contributed by atoms with van der Waals surface area (Å²) < 4.78 is 4.79. The Morgan fingerprint density at radius 1 is 1.38 bits per heavy atom. The minimum atomic E-state index is -0.342. The van der Waals surface area contributed by atoms with Crippen molar-refractivity contribution in [2.24, 2.45) is 5.90 Å². The van der Waals surface area contributed by atoms with E-state index in [0.29, 0.717) is 17.9 Å². The maximum atomic E-state index is 11.2. The molecule has 0 fully saturated rings. The van der Waals surface area contributed by atoms with Crippen LogP contribution in [0, 0.1) is 0 Å². The van der Waals surface area contributed by atoms with Gasteiger partial charge in [-0.15, -0.1) is 0 Å². The summed E-state index contributed by atoms with van der Waals surface area (Å²) in [6.45, 7) is 2.13. The van der Waals surface area contributed by atoms with Crippen LogP contribution in [-0.2, 0) is 4.74 Å². The van der Waals surface area contributed by atoms with Gasteiger partial charge in [0.15, 0.2) is 0 Å². The molecule has 0 heterocycles. The Hall–Kier alpha value is -1.55. The van der Waals surface area contributed by atoms with Crippen molar-refractivity contribution in [2.75, 3.05) is 6.61 Å². The average molecular weight is 181 g/mol. The molecule has 1 aromatic carbocycles. The Morgan fingerprint density at radius 3 is 2.46 bits per heavy atom. The van der Waals surface area contributed by atoms with Crippen molar-refractivity contribution in [1.82, 2.24) is 0 Å². The van der Waals surface area contributed by atoms with E-state index in [0.717, 1.165) is 0 Å². The molecule has 0 bridgehead atoms. The smallest absolute Gasteiger partial charge is 0.338 e. The molecule has 4 nitrogen and oxygen atoms in total. The predicted molar refractivity (Wildman–Crippen MR) is 47.2 cm³/mol. The van der Waals surface area contributed by atoms with Gasteiger partial charge in [-0.2, -0.15) is 5.90 Å². The highest BCUT2D eigenvalue weighted by molar-refractivity contribution is 5.89. The molecule has 0 aromatic heterocycles. The van der Waals surface area contributed by atoms with Crippen LogP contribution in [0.3, 0.4) is 0 Å². The van der Waals surface area contributed by atoms with Crippen molar-refractivity contribution in [1.29, 1.82) is 0 Å². The lowest BCUT2D eigenvalue weighted by molar-refractivity contribution is 0.0526. The second-order valence-corrected chi connectivity index (χ2v) is 2.36. The fourth-order valence-electron chi connectivity index (χ4n) is 0.884. The van der Waals surface area contributed by atoms with Crippen molar-refractivity contribution in [3.63, 3.8) is 0 Å². The Kier molecular flexibility index (Phi) is 3.28. The van der Waals surface area contributed by atoms with E-state index in [9.17, 15) is 4.79 Å². The van der Waals surface area contributed by atoms with Crippen molar-refractivity contribution in [2.45, 2.75) is 6.92 Å². The zero-order chi connectivity index (χ0) is 9.68. The number of rotatable bonds is 3. The second-order valence-electron chi connectivity index (χ2n) is 2.36. The van der Waals surface area contributed by atoms with Crippen LogP contribution in [0.25, 0.3) is 0 Å². The van der Waals surface area contributed by atoms with Crippen molar-refractivity contribution in [3.05, 3.63) is 29.8 Å². The summed E-state index contributed by atoms with van der Waals surface area (Å²) in [7, 11) is 0. The summed E-state index contributed by atoms with van der Waals surface area (Å²) in [6, 6.07) is 6.40. The van der Waals surface area contributed by atoms with Crippen LogP contribution in [0.2, 0.25) is 0 Å². The first-order chi connectivity index (χ1) is 6.27. The fourth-order valence-corrected chi connectivity index (χ4v) is 0.884. The molecule has 0 aliphatic rings. The number of hydrogen-bond donors (Lipinski definition) is 1. The average Bonchev–Trinajstić information content (AvgIpc) is 2.18. The number of carbonyl (C=O) groups excluding carboxylic acids is 1. The molecular formula is C9H11NO3. The molecule has 0 saturated heterocycles. The molecule has 13 heavy (non-hydrogen) atoms. The molecule has 1 rings (SSSR count). The molecule has 4 heteroatoms. The minimum absolute atomic E-state index is 0.342. The third-order valence-corrected chi connectivity index (χ3v) is 1.50. The molecule has 0 amide bonds. The van der Waals surface area contributed by atoms with Gasteiger partial charge in [-0.05, 0) is 31.2 Å². The van der Waals surface area contributed by atoms with Gasteiger partial charge in [0.05, 0.1) is 12.2 Å². The van der Waals surface area contributed by atoms with E-state index in [-0.39, 0.29) is 5.97 Å². The lowest BCUT2D eigenvalue weighted by Crippen LogP contribution is -2.05. The Labute approximate surface area is 76.2 Å². The molecule has 0 aliphatic heterocycles. The molecule has 0 spiro atoms. The van der Waals surface area contributed by atoms with Crippen LogP contribution in [-0.4, -0.2) is 12.6 Å². The number of ether oxygens (including phenoxy) is 1. The van der Waals surface area contributed by atoms with Gasteiger partial charge in [-0.1, -0.05) is 0 Å². The largest absolute Gasteiger partial charge is 0.462 e. The lowest BCUT2D eigenvalue weighted by Gasteiger charge is -2.02. The van der Waals surface area contributed by atoms with Gasteiger partial charge in [-0.3, -0.25) is 0 Å². The maximum Gasteiger partial charge on any atom is 0.338 e. The molecule has 2 N–H and O–H groups in total. The van der Waals surface area contributed by atoms with Gasteiger partial charge >= 0.3 is 5.97 Å². The standard InChI is InChI=1S/C9H11NO3/c1-2-12-9(11)7-3-5-8(13-10)6-4-7/h3-6H,2,10H2,1H3. The Balaban J connectivity index is 2.74. The highest BCUT2D eigenvalue weighted by Crippen LogP contribution is 2.11. The molecule has 0 radical (unpaired) electrons. The van der Waals surface area contributed by atoms with E-state index >= 15 is 0 Å². The number of nitrogens with two attached hydrogens (primary N) is 1. The molecule has 0 unspecified atom stereocenters. The van der Waals surface area contributed by atoms with Crippen LogP contribution in [0.1, 0.15) is 17.3 Å². The highest BCUT2D eigenvalue weighted by Gasteiger charge is 2.04. The third kappa shape index (κ3) is 2.45. The van der Waals surface area contributed by atoms with E-state index in [2.05, 4.69) is 4.84 Å². The van der Waals surface area contributed by atoms with Crippen molar-refractivity contribution < 1.29 is 14.4 Å². The van der Waals surface area contributed by atoms with E-state index in [1.807, 2.05) is 0 Å². The minimum Gasteiger partial charge on any atom is -0.462 e. The number of esters is 1. The maximum absolute atomic E-state index is 11.2. The SMILES string of the molecule is CCOC(=O)c1ccc(ON)cc1. The Morgan fingerprint density at radius 2 is 2.00 bits per heavy atom. The van der Waals surface area contributed by atoms with Crippen LogP contribution in [0.4, 0.5) is 0 Å². The topological polar surface area (TPSA) is 61.5 Å². The van der Waals surface area contributed by atoms with E-state index < -0.39 is 0 Å². The zero-order valence-corrected chi connectivity index (χ0v) is 7.32. The summed E-state index contributed by atoms with van der Waals surface area (Å²) in [5, 5.41) is 0. The monoisotopic (exact) mass is 181 g/mol. The van der Waals surface area contributed by atoms with Gasteiger partial charge in [0.2, 0.25) is 0 Å². The highest BCUT2D eigenvalue weighted by atomic mass is 16.6. The Bertz CT molecular complexity index is 281. The normalized spacial score (nSPS) is 9.38. The number of benzene rings is 1. The molecule has 0 saturated carbocycles. The first-order valence-electron chi connectivity index (χ1n) is 3.92. The quantitative estimate of drug-likeness (QED) is 0.560. The van der Waals surface area contributed by atoms with Gasteiger partial charge in [0.25, 0.3) is 0 Å². The predicted octanol–water partition coefficient (Wildman–Crippen LogP) is 1.12. The van der Waals surface area contributed by atoms with E-state index in [1.54, 1.807) is 31.2 Å². The molecule has 0 atom stereocenters. The summed E-state index contributed by atoms with van der Waals surface area (Å²) in [6.07, 6.45) is 0. The summed E-state index contributed by atoms with van der Waals surface area (Å²) >= 11 is 0. The van der Waals surface area contributed by atoms with E-state index in [1.165, 1.54) is 0 Å². The van der Waals surface area contributed by atoms with Crippen molar-refractivity contribution >= 4 is 5.97 Å².